The smallest absolute Gasteiger partial charge is 0.324 e. The van der Waals surface area contributed by atoms with Crippen molar-refractivity contribution in [3.63, 3.8) is 0 Å². The van der Waals surface area contributed by atoms with Crippen LogP contribution in [0.5, 0.6) is 0 Å². The molecule has 6 nitrogen and oxygen atoms in total. The Bertz CT molecular complexity index is 313. The maximum Gasteiger partial charge on any atom is 0.324 e. The highest BCUT2D eigenvalue weighted by molar-refractivity contribution is 5.89. The molecule has 14 heavy (non-hydrogen) atoms. The molecule has 1 rings (SSSR count). The number of urea groups is 1. The van der Waals surface area contributed by atoms with Crippen LogP contribution in [0.2, 0.25) is 0 Å². The molecule has 0 aliphatic rings. The zero-order chi connectivity index (χ0) is 10.4. The fraction of sp³-hybridized carbons (Fsp3) is 0.250. The Morgan fingerprint density at radius 2 is 2.29 bits per heavy atom. The molecule has 0 unspecified atom stereocenters. The Hall–Kier alpha value is -1.98. The maximum absolute atomic E-state index is 11.4. The average molecular weight is 193 g/mol. The van der Waals surface area contributed by atoms with Gasteiger partial charge in [0.25, 0.3) is 0 Å². The third kappa shape index (κ3) is 2.51. The number of carbonyl (C=O) groups excluding carboxylic acids is 1. The topological polar surface area (TPSA) is 71.0 Å². The van der Waals surface area contributed by atoms with E-state index in [1.54, 1.807) is 13.1 Å². The molecule has 0 saturated carbocycles. The highest BCUT2D eigenvalue weighted by atomic mass is 16.2. The fourth-order valence-corrected chi connectivity index (χ4v) is 0.775. The summed E-state index contributed by atoms with van der Waals surface area (Å²) in [6.07, 6.45) is 4.26. The first-order valence-electron chi connectivity index (χ1n) is 4.00. The zero-order valence-electron chi connectivity index (χ0n) is 7.84. The van der Waals surface area contributed by atoms with E-state index in [0.717, 1.165) is 0 Å². The van der Waals surface area contributed by atoms with Gasteiger partial charge in [0, 0.05) is 13.6 Å². The molecule has 0 aliphatic heterocycles. The second kappa shape index (κ2) is 4.90. The van der Waals surface area contributed by atoms with E-state index < -0.39 is 0 Å². The Morgan fingerprint density at radius 1 is 1.64 bits per heavy atom. The van der Waals surface area contributed by atoms with E-state index in [4.69, 9.17) is 0 Å². The molecule has 1 aromatic rings. The van der Waals surface area contributed by atoms with E-state index in [0.29, 0.717) is 12.5 Å². The van der Waals surface area contributed by atoms with Crippen molar-refractivity contribution in [2.24, 2.45) is 0 Å². The summed E-state index contributed by atoms with van der Waals surface area (Å²) in [6, 6.07) is -0.281. The summed E-state index contributed by atoms with van der Waals surface area (Å²) in [5.41, 5.74) is 0. The minimum absolute atomic E-state index is 0.281. The second-order valence-electron chi connectivity index (χ2n) is 2.47. The van der Waals surface area contributed by atoms with Crippen LogP contribution < -0.4 is 10.2 Å². The van der Waals surface area contributed by atoms with Crippen LogP contribution in [0.25, 0.3) is 0 Å². The van der Waals surface area contributed by atoms with Crippen LogP contribution in [-0.4, -0.2) is 34.6 Å². The van der Waals surface area contributed by atoms with Crippen LogP contribution >= 0.6 is 0 Å². The minimum atomic E-state index is -0.281. The predicted molar refractivity (Wildman–Crippen MR) is 51.8 cm³/mol. The van der Waals surface area contributed by atoms with Gasteiger partial charge in [-0.2, -0.15) is 0 Å². The van der Waals surface area contributed by atoms with E-state index in [1.807, 2.05) is 0 Å². The van der Waals surface area contributed by atoms with Gasteiger partial charge in [0.2, 0.25) is 5.95 Å². The van der Waals surface area contributed by atoms with E-state index in [-0.39, 0.29) is 6.03 Å². The Balaban J connectivity index is 2.61. The van der Waals surface area contributed by atoms with Crippen LogP contribution in [0.1, 0.15) is 0 Å². The van der Waals surface area contributed by atoms with Crippen molar-refractivity contribution in [1.82, 2.24) is 20.3 Å². The standard InChI is InChI=1S/C8H11N5O/c1-3-4-10-8(14)13(2)7-11-5-9-6-12-7/h3,5-6H,1,4H2,2H3,(H,10,14). The molecule has 2 amide bonds. The number of aromatic nitrogens is 3. The van der Waals surface area contributed by atoms with Crippen LogP contribution in [0.4, 0.5) is 10.7 Å². The van der Waals surface area contributed by atoms with Crippen molar-refractivity contribution in [2.45, 2.75) is 0 Å². The van der Waals surface area contributed by atoms with E-state index in [9.17, 15) is 4.79 Å². The first kappa shape index (κ1) is 10.1. The summed E-state index contributed by atoms with van der Waals surface area (Å²) in [4.78, 5) is 24.0. The molecule has 0 aromatic carbocycles. The third-order valence-corrected chi connectivity index (χ3v) is 1.48. The number of rotatable bonds is 3. The zero-order valence-corrected chi connectivity index (χ0v) is 7.84. The summed E-state index contributed by atoms with van der Waals surface area (Å²) in [6.45, 7) is 3.90. The van der Waals surface area contributed by atoms with Crippen LogP contribution in [-0.2, 0) is 0 Å². The van der Waals surface area contributed by atoms with E-state index in [1.165, 1.54) is 17.6 Å². The molecule has 0 saturated heterocycles. The normalized spacial score (nSPS) is 9.21. The lowest BCUT2D eigenvalue weighted by Crippen LogP contribution is -2.38. The van der Waals surface area contributed by atoms with Gasteiger partial charge in [-0.15, -0.1) is 6.58 Å². The maximum atomic E-state index is 11.4. The van der Waals surface area contributed by atoms with E-state index >= 15 is 0 Å². The Morgan fingerprint density at radius 3 is 2.86 bits per heavy atom. The van der Waals surface area contributed by atoms with Crippen molar-refractivity contribution < 1.29 is 4.79 Å². The molecule has 1 N–H and O–H groups in total. The molecule has 1 heterocycles. The molecule has 0 atom stereocenters. The van der Waals surface area contributed by atoms with Gasteiger partial charge in [-0.1, -0.05) is 6.08 Å². The number of nitrogens with one attached hydrogen (secondary N) is 1. The molecule has 74 valence electrons. The highest BCUT2D eigenvalue weighted by Crippen LogP contribution is 1.99. The molecule has 0 spiro atoms. The second-order valence-corrected chi connectivity index (χ2v) is 2.47. The molecule has 0 fully saturated rings. The molecular weight excluding hydrogens is 182 g/mol. The third-order valence-electron chi connectivity index (χ3n) is 1.48. The molecule has 1 aromatic heterocycles. The summed E-state index contributed by atoms with van der Waals surface area (Å²) in [5.74, 6) is 0.307. The summed E-state index contributed by atoms with van der Waals surface area (Å²) >= 11 is 0. The summed E-state index contributed by atoms with van der Waals surface area (Å²) < 4.78 is 0. The highest BCUT2D eigenvalue weighted by Gasteiger charge is 2.10. The molecule has 0 radical (unpaired) electrons. The quantitative estimate of drug-likeness (QED) is 0.696. The number of anilines is 1. The van der Waals surface area contributed by atoms with Crippen LogP contribution in [0.3, 0.4) is 0 Å². The first-order chi connectivity index (χ1) is 6.75. The van der Waals surface area contributed by atoms with Gasteiger partial charge in [-0.25, -0.2) is 19.7 Å². The van der Waals surface area contributed by atoms with Gasteiger partial charge < -0.3 is 5.32 Å². The van der Waals surface area contributed by atoms with Gasteiger partial charge in [0.05, 0.1) is 0 Å². The number of amides is 2. The Kier molecular flexibility index (Phi) is 3.54. The summed E-state index contributed by atoms with van der Waals surface area (Å²) in [7, 11) is 1.58. The number of hydrogen-bond acceptors (Lipinski definition) is 4. The van der Waals surface area contributed by atoms with Crippen LogP contribution in [0, 0.1) is 0 Å². The molecule has 0 bridgehead atoms. The van der Waals surface area contributed by atoms with Crippen molar-refractivity contribution in [1.29, 1.82) is 0 Å². The lowest BCUT2D eigenvalue weighted by Gasteiger charge is -2.14. The van der Waals surface area contributed by atoms with Gasteiger partial charge in [0.1, 0.15) is 12.7 Å². The molecule has 0 aliphatic carbocycles. The van der Waals surface area contributed by atoms with Crippen molar-refractivity contribution in [3.05, 3.63) is 25.3 Å². The number of carbonyl (C=O) groups is 1. The van der Waals surface area contributed by atoms with Gasteiger partial charge >= 0.3 is 6.03 Å². The predicted octanol–water partition coefficient (Wildman–Crippen LogP) is 0.203. The fourth-order valence-electron chi connectivity index (χ4n) is 0.775. The summed E-state index contributed by atoms with van der Waals surface area (Å²) in [5, 5.41) is 2.60. The van der Waals surface area contributed by atoms with Crippen molar-refractivity contribution in [3.8, 4) is 0 Å². The van der Waals surface area contributed by atoms with Gasteiger partial charge in [0.15, 0.2) is 0 Å². The molecule has 6 heteroatoms. The van der Waals surface area contributed by atoms with Gasteiger partial charge in [-0.05, 0) is 0 Å². The number of hydrogen-bond donors (Lipinski definition) is 1. The van der Waals surface area contributed by atoms with Crippen molar-refractivity contribution >= 4 is 12.0 Å². The first-order valence-corrected chi connectivity index (χ1v) is 4.00. The number of nitrogens with zero attached hydrogens (tertiary/aromatic N) is 4. The SMILES string of the molecule is C=CCNC(=O)N(C)c1ncncn1. The van der Waals surface area contributed by atoms with Crippen molar-refractivity contribution in [2.75, 3.05) is 18.5 Å². The van der Waals surface area contributed by atoms with Crippen LogP contribution in [0.15, 0.2) is 25.3 Å². The molecular formula is C8H11N5O. The monoisotopic (exact) mass is 193 g/mol. The minimum Gasteiger partial charge on any atom is -0.334 e. The van der Waals surface area contributed by atoms with E-state index in [2.05, 4.69) is 26.8 Å². The Labute approximate surface area is 81.7 Å². The average Bonchev–Trinajstić information content (AvgIpc) is 2.26. The lowest BCUT2D eigenvalue weighted by atomic mass is 10.6. The van der Waals surface area contributed by atoms with Gasteiger partial charge in [-0.3, -0.25) is 4.90 Å². The largest absolute Gasteiger partial charge is 0.334 e. The lowest BCUT2D eigenvalue weighted by molar-refractivity contribution is 0.248.